The van der Waals surface area contributed by atoms with Crippen molar-refractivity contribution in [1.29, 1.82) is 0 Å². The lowest BCUT2D eigenvalue weighted by molar-refractivity contribution is -0.124. The molecular weight excluding hydrogens is 236 g/mol. The zero-order chi connectivity index (χ0) is 13.5. The number of nitrogens with two attached hydrogens (primary N) is 1. The van der Waals surface area contributed by atoms with E-state index in [1.54, 1.807) is 0 Å². The number of anilines is 1. The second-order valence-electron chi connectivity index (χ2n) is 6.55. The van der Waals surface area contributed by atoms with Gasteiger partial charge in [-0.25, -0.2) is 0 Å². The fourth-order valence-electron chi connectivity index (χ4n) is 2.99. The number of amides is 1. The van der Waals surface area contributed by atoms with Crippen LogP contribution in [0.2, 0.25) is 0 Å². The second kappa shape index (κ2) is 4.26. The number of rotatable bonds is 4. The van der Waals surface area contributed by atoms with E-state index in [4.69, 9.17) is 5.73 Å². The first kappa shape index (κ1) is 12.5. The standard InChI is InChI=1S/C16H22N2O/c1-15(7-2-8-15)11-18-14(19)16(9-10-16)12-3-5-13(17)6-4-12/h3-6H,2,7-11,17H2,1H3,(H,18,19). The van der Waals surface area contributed by atoms with Crippen molar-refractivity contribution in [2.45, 2.75) is 44.4 Å². The van der Waals surface area contributed by atoms with Gasteiger partial charge < -0.3 is 11.1 Å². The van der Waals surface area contributed by atoms with Crippen molar-refractivity contribution in [2.75, 3.05) is 12.3 Å². The van der Waals surface area contributed by atoms with Gasteiger partial charge >= 0.3 is 0 Å². The predicted octanol–water partition coefficient (Wildman–Crippen LogP) is 2.61. The Morgan fingerprint density at radius 2 is 1.84 bits per heavy atom. The molecule has 3 heteroatoms. The first-order valence-corrected chi connectivity index (χ1v) is 7.19. The van der Waals surface area contributed by atoms with Crippen molar-refractivity contribution in [3.63, 3.8) is 0 Å². The van der Waals surface area contributed by atoms with Gasteiger partial charge in [-0.05, 0) is 48.8 Å². The summed E-state index contributed by atoms with van der Waals surface area (Å²) in [6.07, 6.45) is 5.69. The van der Waals surface area contributed by atoms with E-state index in [-0.39, 0.29) is 11.3 Å². The topological polar surface area (TPSA) is 55.1 Å². The largest absolute Gasteiger partial charge is 0.399 e. The fraction of sp³-hybridized carbons (Fsp3) is 0.562. The maximum absolute atomic E-state index is 12.5. The Kier molecular flexibility index (Phi) is 2.80. The first-order chi connectivity index (χ1) is 9.04. The van der Waals surface area contributed by atoms with Crippen LogP contribution in [-0.2, 0) is 10.2 Å². The molecule has 2 aliphatic rings. The van der Waals surface area contributed by atoms with Crippen LogP contribution in [0, 0.1) is 5.41 Å². The van der Waals surface area contributed by atoms with E-state index in [0.29, 0.717) is 5.41 Å². The van der Waals surface area contributed by atoms with Gasteiger partial charge in [0.1, 0.15) is 0 Å². The quantitative estimate of drug-likeness (QED) is 0.816. The second-order valence-corrected chi connectivity index (χ2v) is 6.55. The van der Waals surface area contributed by atoms with Crippen LogP contribution in [0.15, 0.2) is 24.3 Å². The van der Waals surface area contributed by atoms with E-state index in [2.05, 4.69) is 12.2 Å². The molecule has 0 spiro atoms. The summed E-state index contributed by atoms with van der Waals surface area (Å²) >= 11 is 0. The van der Waals surface area contributed by atoms with Gasteiger partial charge in [0.2, 0.25) is 5.91 Å². The number of nitrogen functional groups attached to an aromatic ring is 1. The summed E-state index contributed by atoms with van der Waals surface area (Å²) in [6, 6.07) is 7.76. The molecule has 3 rings (SSSR count). The third-order valence-corrected chi connectivity index (χ3v) is 4.88. The van der Waals surface area contributed by atoms with Crippen LogP contribution >= 0.6 is 0 Å². The Bertz CT molecular complexity index is 484. The van der Waals surface area contributed by atoms with Crippen LogP contribution < -0.4 is 11.1 Å². The van der Waals surface area contributed by atoms with Crippen molar-refractivity contribution in [3.05, 3.63) is 29.8 Å². The molecule has 3 nitrogen and oxygen atoms in total. The molecule has 1 amide bonds. The lowest BCUT2D eigenvalue weighted by Gasteiger charge is -2.38. The van der Waals surface area contributed by atoms with Gasteiger partial charge in [-0.2, -0.15) is 0 Å². The predicted molar refractivity (Wildman–Crippen MR) is 76.7 cm³/mol. The minimum atomic E-state index is -0.270. The normalized spacial score (nSPS) is 22.4. The SMILES string of the molecule is CC1(CNC(=O)C2(c3ccc(N)cc3)CC2)CCC1. The third kappa shape index (κ3) is 2.22. The Morgan fingerprint density at radius 3 is 2.32 bits per heavy atom. The van der Waals surface area contributed by atoms with E-state index in [1.165, 1.54) is 19.3 Å². The van der Waals surface area contributed by atoms with Crippen molar-refractivity contribution in [3.8, 4) is 0 Å². The first-order valence-electron chi connectivity index (χ1n) is 7.19. The minimum absolute atomic E-state index is 0.199. The summed E-state index contributed by atoms with van der Waals surface area (Å²) in [5.41, 5.74) is 7.64. The minimum Gasteiger partial charge on any atom is -0.399 e. The Hall–Kier alpha value is -1.51. The number of carbonyl (C=O) groups is 1. The molecule has 0 unspecified atom stereocenters. The summed E-state index contributed by atoms with van der Waals surface area (Å²) < 4.78 is 0. The Labute approximate surface area is 114 Å². The smallest absolute Gasteiger partial charge is 0.230 e. The van der Waals surface area contributed by atoms with Crippen molar-refractivity contribution >= 4 is 11.6 Å². The summed E-state index contributed by atoms with van der Waals surface area (Å²) in [7, 11) is 0. The maximum atomic E-state index is 12.5. The van der Waals surface area contributed by atoms with Gasteiger partial charge in [-0.15, -0.1) is 0 Å². The Balaban J connectivity index is 1.67. The lowest BCUT2D eigenvalue weighted by Crippen LogP contribution is -2.43. The van der Waals surface area contributed by atoms with Gasteiger partial charge in [0, 0.05) is 12.2 Å². The van der Waals surface area contributed by atoms with Crippen LogP contribution in [0.1, 0.15) is 44.6 Å². The van der Waals surface area contributed by atoms with Crippen molar-refractivity contribution < 1.29 is 4.79 Å². The van der Waals surface area contributed by atoms with Gasteiger partial charge in [-0.1, -0.05) is 25.5 Å². The molecule has 19 heavy (non-hydrogen) atoms. The highest BCUT2D eigenvalue weighted by Gasteiger charge is 2.51. The molecule has 0 bridgehead atoms. The average Bonchev–Trinajstić information content (AvgIpc) is 3.16. The average molecular weight is 258 g/mol. The van der Waals surface area contributed by atoms with Crippen molar-refractivity contribution in [1.82, 2.24) is 5.32 Å². The summed E-state index contributed by atoms with van der Waals surface area (Å²) in [4.78, 5) is 12.5. The van der Waals surface area contributed by atoms with E-state index < -0.39 is 0 Å². The van der Waals surface area contributed by atoms with Gasteiger partial charge in [0.05, 0.1) is 5.41 Å². The lowest BCUT2D eigenvalue weighted by atomic mass is 9.70. The molecule has 0 aromatic heterocycles. The zero-order valence-corrected chi connectivity index (χ0v) is 11.5. The van der Waals surface area contributed by atoms with E-state index >= 15 is 0 Å². The van der Waals surface area contributed by atoms with Crippen LogP contribution in [0.5, 0.6) is 0 Å². The number of nitrogens with one attached hydrogen (secondary N) is 1. The molecule has 1 aromatic carbocycles. The van der Waals surface area contributed by atoms with Crippen LogP contribution in [0.4, 0.5) is 5.69 Å². The molecule has 3 N–H and O–H groups in total. The summed E-state index contributed by atoms with van der Waals surface area (Å²) in [5.74, 6) is 0.199. The van der Waals surface area contributed by atoms with Crippen LogP contribution in [0.3, 0.4) is 0 Å². The zero-order valence-electron chi connectivity index (χ0n) is 11.5. The number of benzene rings is 1. The number of hydrogen-bond acceptors (Lipinski definition) is 2. The number of hydrogen-bond donors (Lipinski definition) is 2. The molecule has 102 valence electrons. The highest BCUT2D eigenvalue weighted by atomic mass is 16.2. The van der Waals surface area contributed by atoms with E-state index in [0.717, 1.165) is 30.6 Å². The molecule has 0 atom stereocenters. The maximum Gasteiger partial charge on any atom is 0.230 e. The van der Waals surface area contributed by atoms with Gasteiger partial charge in [0.15, 0.2) is 0 Å². The highest BCUT2D eigenvalue weighted by Crippen LogP contribution is 2.49. The third-order valence-electron chi connectivity index (χ3n) is 4.88. The van der Waals surface area contributed by atoms with E-state index in [1.807, 2.05) is 24.3 Å². The molecule has 1 aromatic rings. The monoisotopic (exact) mass is 258 g/mol. The van der Waals surface area contributed by atoms with Crippen molar-refractivity contribution in [2.24, 2.45) is 5.41 Å². The van der Waals surface area contributed by atoms with E-state index in [9.17, 15) is 4.79 Å². The molecule has 2 fully saturated rings. The van der Waals surface area contributed by atoms with Crippen LogP contribution in [-0.4, -0.2) is 12.5 Å². The molecule has 0 aliphatic heterocycles. The molecule has 0 saturated heterocycles. The molecule has 0 radical (unpaired) electrons. The number of carbonyl (C=O) groups excluding carboxylic acids is 1. The van der Waals surface area contributed by atoms with Crippen LogP contribution in [0.25, 0.3) is 0 Å². The summed E-state index contributed by atoms with van der Waals surface area (Å²) in [6.45, 7) is 3.09. The molecule has 0 heterocycles. The van der Waals surface area contributed by atoms with Gasteiger partial charge in [-0.3, -0.25) is 4.79 Å². The summed E-state index contributed by atoms with van der Waals surface area (Å²) in [5, 5.41) is 3.17. The fourth-order valence-corrected chi connectivity index (χ4v) is 2.99. The molecule has 2 saturated carbocycles. The van der Waals surface area contributed by atoms with Gasteiger partial charge in [0.25, 0.3) is 0 Å². The Morgan fingerprint density at radius 1 is 1.21 bits per heavy atom. The molecular formula is C16H22N2O. The molecule has 2 aliphatic carbocycles. The highest BCUT2D eigenvalue weighted by molar-refractivity contribution is 5.91.